The molecule has 3 rings (SSSR count). The molecule has 2 unspecified atom stereocenters. The number of hydrogen-bond donors (Lipinski definition) is 1. The van der Waals surface area contributed by atoms with Gasteiger partial charge in [0.2, 0.25) is 0 Å². The van der Waals surface area contributed by atoms with Gasteiger partial charge in [0.05, 0.1) is 18.1 Å². The molecule has 136 valence electrons. The number of nitrogens with zero attached hydrogens (tertiary/aromatic N) is 2. The fourth-order valence-corrected chi connectivity index (χ4v) is 3.66. The lowest BCUT2D eigenvalue weighted by molar-refractivity contribution is -0.384. The zero-order valence-corrected chi connectivity index (χ0v) is 14.6. The Bertz CT molecular complexity index is 643. The second kappa shape index (κ2) is 7.82. The lowest BCUT2D eigenvalue weighted by Gasteiger charge is -2.30. The van der Waals surface area contributed by atoms with E-state index in [0.717, 1.165) is 19.3 Å². The van der Waals surface area contributed by atoms with Gasteiger partial charge in [-0.2, -0.15) is 0 Å². The summed E-state index contributed by atoms with van der Waals surface area (Å²) in [6.45, 7) is 4.49. The van der Waals surface area contributed by atoms with E-state index in [-0.39, 0.29) is 17.6 Å². The third kappa shape index (κ3) is 4.10. The number of nitro groups is 1. The minimum absolute atomic E-state index is 0.0220. The molecule has 2 atom stereocenters. The molecule has 1 amide bonds. The van der Waals surface area contributed by atoms with Crippen LogP contribution in [-0.4, -0.2) is 43.2 Å². The van der Waals surface area contributed by atoms with Crippen molar-refractivity contribution in [2.24, 2.45) is 5.92 Å². The Morgan fingerprint density at radius 1 is 1.28 bits per heavy atom. The predicted octanol–water partition coefficient (Wildman–Crippen LogP) is 2.74. The van der Waals surface area contributed by atoms with Crippen molar-refractivity contribution < 1.29 is 14.5 Å². The smallest absolute Gasteiger partial charge is 0.293 e. The molecule has 7 heteroatoms. The van der Waals surface area contributed by atoms with Gasteiger partial charge >= 0.3 is 0 Å². The number of benzene rings is 1. The number of hydrogen-bond acceptors (Lipinski definition) is 5. The van der Waals surface area contributed by atoms with Crippen LogP contribution in [0.5, 0.6) is 0 Å². The van der Waals surface area contributed by atoms with Gasteiger partial charge in [-0.1, -0.05) is 19.8 Å². The highest BCUT2D eigenvalue weighted by atomic mass is 16.6. The summed E-state index contributed by atoms with van der Waals surface area (Å²) in [5, 5.41) is 14.6. The fourth-order valence-electron chi connectivity index (χ4n) is 3.66. The monoisotopic (exact) mass is 347 g/mol. The molecule has 0 radical (unpaired) electrons. The topological polar surface area (TPSA) is 84.7 Å². The number of amides is 1. The molecule has 1 N–H and O–H groups in total. The van der Waals surface area contributed by atoms with E-state index in [4.69, 9.17) is 4.74 Å². The lowest BCUT2D eigenvalue weighted by Crippen LogP contribution is -2.41. The molecule has 2 aliphatic rings. The van der Waals surface area contributed by atoms with Gasteiger partial charge in [0.1, 0.15) is 5.69 Å². The van der Waals surface area contributed by atoms with Gasteiger partial charge in [-0.05, 0) is 30.9 Å². The van der Waals surface area contributed by atoms with Crippen molar-refractivity contribution in [2.45, 2.75) is 38.6 Å². The number of carbonyl (C=O) groups is 1. The highest BCUT2D eigenvalue weighted by Crippen LogP contribution is 2.30. The van der Waals surface area contributed by atoms with Crippen molar-refractivity contribution in [2.75, 3.05) is 31.2 Å². The van der Waals surface area contributed by atoms with Gasteiger partial charge in [-0.3, -0.25) is 14.9 Å². The molecule has 1 aliphatic heterocycles. The molecule has 0 aromatic heterocycles. The van der Waals surface area contributed by atoms with Crippen molar-refractivity contribution in [3.05, 3.63) is 33.9 Å². The maximum Gasteiger partial charge on any atom is 0.293 e. The largest absolute Gasteiger partial charge is 0.378 e. The minimum Gasteiger partial charge on any atom is -0.378 e. The standard InChI is InChI=1S/C18H25N3O4/c1-13-4-2-3-5-15(13)19-18(22)14-6-7-16(17(12-14)21(23)24)20-8-10-25-11-9-20/h6-7,12-13,15H,2-5,8-11H2,1H3,(H,19,22). The summed E-state index contributed by atoms with van der Waals surface area (Å²) in [4.78, 5) is 25.6. The van der Waals surface area contributed by atoms with E-state index in [1.54, 1.807) is 12.1 Å². The first kappa shape index (κ1) is 17.7. The number of carbonyl (C=O) groups excluding carboxylic acids is 1. The minimum atomic E-state index is -0.412. The SMILES string of the molecule is CC1CCCCC1NC(=O)c1ccc(N2CCOCC2)c([N+](=O)[O-])c1. The quantitative estimate of drug-likeness (QED) is 0.669. The molecule has 0 bridgehead atoms. The predicted molar refractivity (Wildman–Crippen MR) is 95.0 cm³/mol. The average Bonchev–Trinajstić information content (AvgIpc) is 2.63. The van der Waals surface area contributed by atoms with Crippen LogP contribution in [0.25, 0.3) is 0 Å². The second-order valence-electron chi connectivity index (χ2n) is 6.90. The van der Waals surface area contributed by atoms with Crippen LogP contribution in [0.1, 0.15) is 43.0 Å². The molecule has 1 aliphatic carbocycles. The van der Waals surface area contributed by atoms with Crippen molar-refractivity contribution in [1.82, 2.24) is 5.32 Å². The van der Waals surface area contributed by atoms with Gasteiger partial charge in [-0.25, -0.2) is 0 Å². The van der Waals surface area contributed by atoms with Crippen LogP contribution in [0, 0.1) is 16.0 Å². The molecule has 1 saturated heterocycles. The first-order valence-electron chi connectivity index (χ1n) is 8.98. The van der Waals surface area contributed by atoms with Crippen molar-refractivity contribution in [3.8, 4) is 0 Å². The normalized spacial score (nSPS) is 24.0. The Labute approximate surface area is 147 Å². The van der Waals surface area contributed by atoms with Crippen LogP contribution in [0.4, 0.5) is 11.4 Å². The molecular formula is C18H25N3O4. The van der Waals surface area contributed by atoms with E-state index in [9.17, 15) is 14.9 Å². The Kier molecular flexibility index (Phi) is 5.53. The molecule has 25 heavy (non-hydrogen) atoms. The molecule has 1 saturated carbocycles. The number of nitrogens with one attached hydrogen (secondary N) is 1. The fraction of sp³-hybridized carbons (Fsp3) is 0.611. The molecule has 7 nitrogen and oxygen atoms in total. The van der Waals surface area contributed by atoms with Crippen LogP contribution in [0.2, 0.25) is 0 Å². The first-order valence-corrected chi connectivity index (χ1v) is 8.98. The second-order valence-corrected chi connectivity index (χ2v) is 6.90. The van der Waals surface area contributed by atoms with E-state index in [1.165, 1.54) is 12.5 Å². The maximum absolute atomic E-state index is 12.6. The molecular weight excluding hydrogens is 322 g/mol. The van der Waals surface area contributed by atoms with Gasteiger partial charge in [0.25, 0.3) is 11.6 Å². The Morgan fingerprint density at radius 2 is 2.00 bits per heavy atom. The van der Waals surface area contributed by atoms with Gasteiger partial charge in [0.15, 0.2) is 0 Å². The summed E-state index contributed by atoms with van der Waals surface area (Å²) < 4.78 is 5.30. The molecule has 1 aromatic carbocycles. The highest BCUT2D eigenvalue weighted by molar-refractivity contribution is 5.96. The summed E-state index contributed by atoms with van der Waals surface area (Å²) in [5.74, 6) is 0.218. The third-order valence-corrected chi connectivity index (χ3v) is 5.21. The maximum atomic E-state index is 12.6. The summed E-state index contributed by atoms with van der Waals surface area (Å²) in [6.07, 6.45) is 4.40. The Hall–Kier alpha value is -2.15. The average molecular weight is 347 g/mol. The van der Waals surface area contributed by atoms with E-state index < -0.39 is 4.92 Å². The van der Waals surface area contributed by atoms with Crippen LogP contribution in [0.15, 0.2) is 18.2 Å². The number of nitro benzene ring substituents is 1. The molecule has 1 aromatic rings. The van der Waals surface area contributed by atoms with Gasteiger partial charge in [-0.15, -0.1) is 0 Å². The zero-order chi connectivity index (χ0) is 17.8. The number of morpholine rings is 1. The number of rotatable bonds is 4. The van der Waals surface area contributed by atoms with Crippen LogP contribution >= 0.6 is 0 Å². The summed E-state index contributed by atoms with van der Waals surface area (Å²) >= 11 is 0. The molecule has 2 fully saturated rings. The van der Waals surface area contributed by atoms with Gasteiger partial charge < -0.3 is 15.0 Å². The van der Waals surface area contributed by atoms with E-state index in [0.29, 0.717) is 43.5 Å². The van der Waals surface area contributed by atoms with E-state index >= 15 is 0 Å². The highest BCUT2D eigenvalue weighted by Gasteiger charge is 2.26. The Balaban J connectivity index is 1.78. The van der Waals surface area contributed by atoms with E-state index in [2.05, 4.69) is 12.2 Å². The third-order valence-electron chi connectivity index (χ3n) is 5.21. The molecule has 1 heterocycles. The summed E-state index contributed by atoms with van der Waals surface area (Å²) in [6, 6.07) is 4.91. The van der Waals surface area contributed by atoms with Crippen molar-refractivity contribution in [1.29, 1.82) is 0 Å². The number of ether oxygens (including phenoxy) is 1. The zero-order valence-electron chi connectivity index (χ0n) is 14.6. The number of anilines is 1. The lowest BCUT2D eigenvalue weighted by atomic mass is 9.86. The summed E-state index contributed by atoms with van der Waals surface area (Å²) in [5.41, 5.74) is 0.878. The van der Waals surface area contributed by atoms with Crippen LogP contribution < -0.4 is 10.2 Å². The van der Waals surface area contributed by atoms with E-state index in [1.807, 2.05) is 4.90 Å². The van der Waals surface area contributed by atoms with Crippen molar-refractivity contribution in [3.63, 3.8) is 0 Å². The van der Waals surface area contributed by atoms with Crippen LogP contribution in [-0.2, 0) is 4.74 Å². The Morgan fingerprint density at radius 3 is 2.68 bits per heavy atom. The molecule has 0 spiro atoms. The van der Waals surface area contributed by atoms with Crippen LogP contribution in [0.3, 0.4) is 0 Å². The van der Waals surface area contributed by atoms with Crippen molar-refractivity contribution >= 4 is 17.3 Å². The first-order chi connectivity index (χ1) is 12.1. The summed E-state index contributed by atoms with van der Waals surface area (Å²) in [7, 11) is 0. The van der Waals surface area contributed by atoms with Gasteiger partial charge in [0, 0.05) is 30.8 Å².